The second-order valence-corrected chi connectivity index (χ2v) is 13.3. The molecule has 0 radical (unpaired) electrons. The highest BCUT2D eigenvalue weighted by atomic mass is 32.2. The molecule has 0 spiro atoms. The molecule has 1 aromatic heterocycles. The van der Waals surface area contributed by atoms with Crippen molar-refractivity contribution in [1.29, 1.82) is 0 Å². The van der Waals surface area contributed by atoms with Crippen molar-refractivity contribution in [1.82, 2.24) is 9.88 Å². The zero-order valence-electron chi connectivity index (χ0n) is 23.6. The fourth-order valence-corrected chi connectivity index (χ4v) is 5.52. The second-order valence-electron chi connectivity index (χ2n) is 11.6. The van der Waals surface area contributed by atoms with Crippen LogP contribution in [-0.4, -0.2) is 25.4 Å². The van der Waals surface area contributed by atoms with Gasteiger partial charge in [-0.3, -0.25) is 9.52 Å². The van der Waals surface area contributed by atoms with E-state index in [9.17, 15) is 26.4 Å². The maximum absolute atomic E-state index is 13.2. The standard InChI is InChI=1S/C31H34F3N3O3S/c1-20(2)18-35-29(38)28-16-22-15-25(36-41(39,40)26-8-6-7-24(17-26)31(32,33)34)13-14-27(22)37(28)19-21-9-11-23(12-10-21)30(3,4)5/h6-17,20,36H,18-19H2,1-5H3,(H,35,38). The fourth-order valence-electron chi connectivity index (χ4n) is 4.43. The van der Waals surface area contributed by atoms with E-state index in [0.29, 0.717) is 35.8 Å². The third-order valence-corrected chi connectivity index (χ3v) is 8.07. The summed E-state index contributed by atoms with van der Waals surface area (Å²) in [6.45, 7) is 11.3. The highest BCUT2D eigenvalue weighted by Gasteiger charge is 2.31. The van der Waals surface area contributed by atoms with E-state index in [-0.39, 0.29) is 22.9 Å². The Bertz CT molecular complexity index is 1670. The Balaban J connectivity index is 1.70. The van der Waals surface area contributed by atoms with E-state index < -0.39 is 26.7 Å². The van der Waals surface area contributed by atoms with Crippen molar-refractivity contribution in [3.8, 4) is 0 Å². The Morgan fingerprint density at radius 3 is 2.20 bits per heavy atom. The molecule has 0 unspecified atom stereocenters. The molecule has 0 saturated heterocycles. The summed E-state index contributed by atoms with van der Waals surface area (Å²) in [6.07, 6.45) is -4.67. The number of benzene rings is 3. The largest absolute Gasteiger partial charge is 0.416 e. The predicted octanol–water partition coefficient (Wildman–Crippen LogP) is 7.19. The van der Waals surface area contributed by atoms with Gasteiger partial charge in [0.15, 0.2) is 0 Å². The van der Waals surface area contributed by atoms with Crippen LogP contribution in [0.15, 0.2) is 77.7 Å². The Morgan fingerprint density at radius 1 is 0.902 bits per heavy atom. The summed E-state index contributed by atoms with van der Waals surface area (Å²) in [5.41, 5.74) is 2.41. The van der Waals surface area contributed by atoms with Crippen LogP contribution in [0, 0.1) is 5.92 Å². The van der Waals surface area contributed by atoms with Crippen molar-refractivity contribution in [3.05, 3.63) is 95.2 Å². The zero-order valence-corrected chi connectivity index (χ0v) is 24.5. The van der Waals surface area contributed by atoms with E-state index in [0.717, 1.165) is 23.8 Å². The number of amides is 1. The topological polar surface area (TPSA) is 80.2 Å². The van der Waals surface area contributed by atoms with Crippen LogP contribution in [0.2, 0.25) is 0 Å². The molecule has 218 valence electrons. The van der Waals surface area contributed by atoms with Crippen LogP contribution in [0.4, 0.5) is 18.9 Å². The molecule has 1 amide bonds. The maximum Gasteiger partial charge on any atom is 0.416 e. The predicted molar refractivity (Wildman–Crippen MR) is 156 cm³/mol. The number of rotatable bonds is 8. The van der Waals surface area contributed by atoms with Gasteiger partial charge in [-0.15, -0.1) is 0 Å². The lowest BCUT2D eigenvalue weighted by atomic mass is 9.87. The minimum Gasteiger partial charge on any atom is -0.351 e. The number of alkyl halides is 3. The highest BCUT2D eigenvalue weighted by molar-refractivity contribution is 7.92. The van der Waals surface area contributed by atoms with Crippen molar-refractivity contribution in [2.45, 2.75) is 57.7 Å². The lowest BCUT2D eigenvalue weighted by Gasteiger charge is -2.19. The van der Waals surface area contributed by atoms with Gasteiger partial charge in [-0.05, 0) is 64.9 Å². The number of nitrogens with zero attached hydrogens (tertiary/aromatic N) is 1. The molecule has 0 saturated carbocycles. The van der Waals surface area contributed by atoms with E-state index in [2.05, 4.69) is 42.9 Å². The minimum atomic E-state index is -4.67. The number of aromatic nitrogens is 1. The molecule has 0 aliphatic carbocycles. The average molecular weight is 586 g/mol. The van der Waals surface area contributed by atoms with Crippen LogP contribution in [0.5, 0.6) is 0 Å². The molecular formula is C31H34F3N3O3S. The molecule has 0 bridgehead atoms. The molecule has 10 heteroatoms. The summed E-state index contributed by atoms with van der Waals surface area (Å²) in [5.74, 6) is -0.00844. The SMILES string of the molecule is CC(C)CNC(=O)c1cc2cc(NS(=O)(=O)c3cccc(C(F)(F)F)c3)ccc2n1Cc1ccc(C(C)(C)C)cc1. The van der Waals surface area contributed by atoms with Gasteiger partial charge in [0.2, 0.25) is 0 Å². The number of nitrogens with one attached hydrogen (secondary N) is 2. The summed E-state index contributed by atoms with van der Waals surface area (Å²) >= 11 is 0. The molecule has 0 fully saturated rings. The zero-order chi connectivity index (χ0) is 30.2. The first kappa shape index (κ1) is 30.2. The molecule has 0 aliphatic heterocycles. The average Bonchev–Trinajstić information content (AvgIpc) is 3.24. The van der Waals surface area contributed by atoms with Crippen molar-refractivity contribution in [2.24, 2.45) is 5.92 Å². The molecule has 1 heterocycles. The van der Waals surface area contributed by atoms with Crippen LogP contribution >= 0.6 is 0 Å². The summed E-state index contributed by atoms with van der Waals surface area (Å²) in [7, 11) is -4.30. The lowest BCUT2D eigenvalue weighted by molar-refractivity contribution is -0.137. The molecular weight excluding hydrogens is 551 g/mol. The Morgan fingerprint density at radius 2 is 1.59 bits per heavy atom. The van der Waals surface area contributed by atoms with E-state index in [4.69, 9.17) is 0 Å². The van der Waals surface area contributed by atoms with Gasteiger partial charge >= 0.3 is 6.18 Å². The van der Waals surface area contributed by atoms with E-state index in [1.807, 2.05) is 30.5 Å². The van der Waals surface area contributed by atoms with Crippen LogP contribution in [0.3, 0.4) is 0 Å². The van der Waals surface area contributed by atoms with Crippen molar-refractivity contribution in [3.63, 3.8) is 0 Å². The molecule has 3 aromatic carbocycles. The van der Waals surface area contributed by atoms with Gasteiger partial charge in [0, 0.05) is 29.7 Å². The van der Waals surface area contributed by atoms with Crippen molar-refractivity contribution in [2.75, 3.05) is 11.3 Å². The van der Waals surface area contributed by atoms with Gasteiger partial charge in [0.25, 0.3) is 15.9 Å². The summed E-state index contributed by atoms with van der Waals surface area (Å²) in [4.78, 5) is 12.7. The molecule has 0 aliphatic rings. The molecule has 2 N–H and O–H groups in total. The second kappa shape index (κ2) is 11.2. The van der Waals surface area contributed by atoms with Crippen molar-refractivity contribution < 1.29 is 26.4 Å². The maximum atomic E-state index is 13.2. The first-order valence-electron chi connectivity index (χ1n) is 13.3. The Hall–Kier alpha value is -3.79. The van der Waals surface area contributed by atoms with E-state index in [1.54, 1.807) is 18.2 Å². The molecule has 41 heavy (non-hydrogen) atoms. The minimum absolute atomic E-state index is 0.00162. The Labute approximate surface area is 238 Å². The number of hydrogen-bond acceptors (Lipinski definition) is 3. The molecule has 0 atom stereocenters. The first-order chi connectivity index (χ1) is 19.0. The van der Waals surface area contributed by atoms with Crippen LogP contribution in [0.25, 0.3) is 10.9 Å². The number of hydrogen-bond donors (Lipinski definition) is 2. The quantitative estimate of drug-likeness (QED) is 0.230. The summed E-state index contributed by atoms with van der Waals surface area (Å²) < 4.78 is 69.5. The smallest absolute Gasteiger partial charge is 0.351 e. The van der Waals surface area contributed by atoms with Gasteiger partial charge < -0.3 is 9.88 Å². The van der Waals surface area contributed by atoms with E-state index in [1.165, 1.54) is 11.6 Å². The first-order valence-corrected chi connectivity index (χ1v) is 14.7. The van der Waals surface area contributed by atoms with Crippen molar-refractivity contribution >= 4 is 32.5 Å². The van der Waals surface area contributed by atoms with Crippen LogP contribution < -0.4 is 10.0 Å². The third kappa shape index (κ3) is 7.11. The third-order valence-electron chi connectivity index (χ3n) is 6.69. The van der Waals surface area contributed by atoms with Gasteiger partial charge in [0.1, 0.15) is 5.69 Å². The summed E-state index contributed by atoms with van der Waals surface area (Å²) in [5, 5.41) is 3.55. The molecule has 4 rings (SSSR count). The summed E-state index contributed by atoms with van der Waals surface area (Å²) in [6, 6.07) is 18.3. The number of carbonyl (C=O) groups is 1. The molecule has 6 nitrogen and oxygen atoms in total. The van der Waals surface area contributed by atoms with E-state index >= 15 is 0 Å². The highest BCUT2D eigenvalue weighted by Crippen LogP contribution is 2.32. The van der Waals surface area contributed by atoms with Gasteiger partial charge in [0.05, 0.1) is 10.5 Å². The number of anilines is 1. The normalized spacial score (nSPS) is 12.6. The van der Waals surface area contributed by atoms with Gasteiger partial charge in [-0.25, -0.2) is 8.42 Å². The number of fused-ring (bicyclic) bond motifs is 1. The fraction of sp³-hybridized carbons (Fsp3) is 0.323. The Kier molecular flexibility index (Phi) is 8.27. The van der Waals surface area contributed by atoms with Crippen LogP contribution in [-0.2, 0) is 28.2 Å². The van der Waals surface area contributed by atoms with Crippen LogP contribution in [0.1, 0.15) is 61.8 Å². The number of halogens is 3. The number of sulfonamides is 1. The van der Waals surface area contributed by atoms with Gasteiger partial charge in [-0.1, -0.05) is 65.0 Å². The monoisotopic (exact) mass is 585 g/mol. The lowest BCUT2D eigenvalue weighted by Crippen LogP contribution is -2.29. The number of carbonyl (C=O) groups excluding carboxylic acids is 1. The molecule has 4 aromatic rings. The van der Waals surface area contributed by atoms with Gasteiger partial charge in [-0.2, -0.15) is 13.2 Å².